The number of benzene rings is 5. The third-order valence-corrected chi connectivity index (χ3v) is 16.7. The number of fused-ring (bicyclic) bond motifs is 1. The fourth-order valence-electron chi connectivity index (χ4n) is 11.0. The summed E-state index contributed by atoms with van der Waals surface area (Å²) in [6, 6.07) is 44.0. The first-order valence-electron chi connectivity index (χ1n) is 34.5. The summed E-state index contributed by atoms with van der Waals surface area (Å²) >= 11 is 4.97. The fraction of sp³-hybridized carbons (Fsp3) is 0.436. The van der Waals surface area contributed by atoms with Crippen LogP contribution in [0.2, 0.25) is 0 Å². The lowest BCUT2D eigenvalue weighted by molar-refractivity contribution is -0.146. The van der Waals surface area contributed by atoms with Crippen molar-refractivity contribution >= 4 is 70.5 Å². The van der Waals surface area contributed by atoms with Crippen LogP contribution in [-0.2, 0) is 74.1 Å². The summed E-state index contributed by atoms with van der Waals surface area (Å²) in [5, 5.41) is 6.06. The largest absolute Gasteiger partial charge is 0.461 e. The number of hydrogen-bond acceptors (Lipinski definition) is 14. The summed E-state index contributed by atoms with van der Waals surface area (Å²) in [7, 11) is 0. The number of hydrogen-bond donors (Lipinski definition) is 2. The van der Waals surface area contributed by atoms with Crippen molar-refractivity contribution < 1.29 is 66.9 Å². The Morgan fingerprint density at radius 2 is 0.878 bits per heavy atom. The summed E-state index contributed by atoms with van der Waals surface area (Å²) in [4.78, 5) is 128. The van der Waals surface area contributed by atoms with E-state index in [0.29, 0.717) is 101 Å². The van der Waals surface area contributed by atoms with Crippen LogP contribution in [0.3, 0.4) is 0 Å². The monoisotopic (exact) mass is 1360 g/mol. The van der Waals surface area contributed by atoms with Crippen LogP contribution in [-0.4, -0.2) is 112 Å². The van der Waals surface area contributed by atoms with E-state index in [2.05, 4.69) is 28.9 Å². The molecule has 0 spiro atoms. The van der Waals surface area contributed by atoms with Gasteiger partial charge in [-0.25, -0.2) is 9.59 Å². The Kier molecular flexibility index (Phi) is 37.4. The van der Waals surface area contributed by atoms with Crippen LogP contribution in [0.15, 0.2) is 169 Å². The lowest BCUT2D eigenvalue weighted by Crippen LogP contribution is -2.50. The number of amides is 7. The molecule has 7 rings (SSSR count). The summed E-state index contributed by atoms with van der Waals surface area (Å²) in [6.45, 7) is 12.3. The molecule has 2 N–H and O–H groups in total. The van der Waals surface area contributed by atoms with E-state index in [9.17, 15) is 47.9 Å². The number of imide groups is 2. The van der Waals surface area contributed by atoms with Crippen LogP contribution in [0.1, 0.15) is 192 Å². The van der Waals surface area contributed by atoms with Crippen LogP contribution in [0.4, 0.5) is 9.59 Å². The molecule has 5 aromatic carbocycles. The van der Waals surface area contributed by atoms with Crippen molar-refractivity contribution in [2.24, 2.45) is 5.92 Å². The van der Waals surface area contributed by atoms with E-state index in [4.69, 9.17) is 25.8 Å². The van der Waals surface area contributed by atoms with Crippen molar-refractivity contribution in [3.8, 4) is 0 Å². The normalized spacial score (nSPS) is 13.3. The molecule has 98 heavy (non-hydrogen) atoms. The molecule has 19 nitrogen and oxygen atoms in total. The van der Waals surface area contributed by atoms with Crippen molar-refractivity contribution in [2.75, 3.05) is 32.7 Å². The van der Waals surface area contributed by atoms with Crippen molar-refractivity contribution in [3.63, 3.8) is 0 Å². The average molecular weight is 1370 g/mol. The van der Waals surface area contributed by atoms with E-state index in [0.717, 1.165) is 92.9 Å². The van der Waals surface area contributed by atoms with Gasteiger partial charge in [0.1, 0.15) is 32.5 Å². The molecule has 0 aromatic heterocycles. The zero-order chi connectivity index (χ0) is 70.7. The first kappa shape index (κ1) is 79.5. The maximum Gasteiger partial charge on any atom is 0.410 e. The highest BCUT2D eigenvalue weighted by Crippen LogP contribution is 2.26. The van der Waals surface area contributed by atoms with Crippen LogP contribution >= 0.6 is 11.6 Å². The van der Waals surface area contributed by atoms with Gasteiger partial charge in [0.2, 0.25) is 11.8 Å². The van der Waals surface area contributed by atoms with Gasteiger partial charge < -0.3 is 29.6 Å². The Bertz CT molecular complexity index is 3320. The van der Waals surface area contributed by atoms with Crippen molar-refractivity contribution in [3.05, 3.63) is 203 Å². The lowest BCUT2D eigenvalue weighted by Gasteiger charge is -2.30. The molecule has 2 aliphatic heterocycles. The van der Waals surface area contributed by atoms with E-state index in [-0.39, 0.29) is 91.7 Å². The van der Waals surface area contributed by atoms with E-state index in [1.807, 2.05) is 128 Å². The highest BCUT2D eigenvalue weighted by molar-refractivity contribution is 6.61. The summed E-state index contributed by atoms with van der Waals surface area (Å²) < 4.78 is 20.9. The van der Waals surface area contributed by atoms with Crippen LogP contribution < -0.4 is 10.6 Å². The Morgan fingerprint density at radius 1 is 0.469 bits per heavy atom. The highest BCUT2D eigenvalue weighted by atomic mass is 35.5. The van der Waals surface area contributed by atoms with E-state index in [1.165, 1.54) is 14.7 Å². The smallest absolute Gasteiger partial charge is 0.410 e. The van der Waals surface area contributed by atoms with Crippen LogP contribution in [0.25, 0.3) is 0 Å². The van der Waals surface area contributed by atoms with E-state index < -0.39 is 17.6 Å². The van der Waals surface area contributed by atoms with Gasteiger partial charge in [-0.05, 0) is 118 Å². The summed E-state index contributed by atoms with van der Waals surface area (Å²) in [6.07, 6.45) is 15.3. The van der Waals surface area contributed by atoms with Crippen LogP contribution in [0, 0.1) is 5.92 Å². The molecule has 1 saturated heterocycles. The second-order valence-corrected chi connectivity index (χ2v) is 24.4. The first-order valence-corrected chi connectivity index (χ1v) is 34.9. The van der Waals surface area contributed by atoms with Gasteiger partial charge in [0.15, 0.2) is 0 Å². The Balaban J connectivity index is 0.000000310. The first-order chi connectivity index (χ1) is 47.6. The molecule has 20 heteroatoms. The standard InChI is InChI=1S/C38H49N3O7.C32H42N2O5.C8H7ClO2/c1-4-6-22-33(35(43)39-24-15-9-16-26-41-36(44)29(3)32(5-2)37(41)45)40(38(46)48-28-31-20-12-8-13-21-31)25-17-14-23-34(42)47-27-30-18-10-7-11-19-30;1-2-3-17-26(18-9-5-10-21-29(35)39-24-25-15-7-4-8-16-25)30(36)33-22-13-6-14-23-34-31(37)27-19-11-12-20-28(27)32(34)38;9-8(10)11-6-7-4-2-1-3-5-7/h5,7-8,10-13,18-21,33H,3-4,6,9,14-17,22-28H2,1-2H3,(H,39,43);4,7-8,11-12,15-16,19-20,26H,2-3,5-6,9-10,13-14,17-18,21-24H2,1H3,(H,33,36);1-5H,6H2/b32-5+;;. The van der Waals surface area contributed by atoms with Crippen molar-refractivity contribution in [1.82, 2.24) is 25.3 Å². The number of allylic oxidation sites excluding steroid dienone is 1. The zero-order valence-corrected chi connectivity index (χ0v) is 58.0. The number of nitrogens with one attached hydrogen (secondary N) is 2. The van der Waals surface area contributed by atoms with Gasteiger partial charge in [0.25, 0.3) is 23.6 Å². The molecule has 2 aliphatic rings. The molecule has 526 valence electrons. The molecule has 2 heterocycles. The topological polar surface area (TPSA) is 241 Å². The number of unbranched alkanes of at least 4 members (excludes halogenated alkanes) is 9. The fourth-order valence-corrected chi connectivity index (χ4v) is 11.1. The summed E-state index contributed by atoms with van der Waals surface area (Å²) in [5.41, 5.74) is 4.43. The molecule has 0 aliphatic carbocycles. The predicted octanol–water partition coefficient (Wildman–Crippen LogP) is 14.9. The predicted molar refractivity (Wildman–Crippen MR) is 377 cm³/mol. The van der Waals surface area contributed by atoms with Gasteiger partial charge in [-0.2, -0.15) is 0 Å². The molecule has 1 fully saturated rings. The Morgan fingerprint density at radius 3 is 1.34 bits per heavy atom. The third kappa shape index (κ3) is 28.8. The number of ether oxygens (including phenoxy) is 4. The second kappa shape index (κ2) is 46.1. The SMILES string of the molecule is C=C1C(=O)N(CCCCCNC(=O)C(CCCC)N(CCCCC(=O)OCc2ccccc2)C(=O)OCc2ccccc2)C(=O)/C1=C/C.CCCCC(CCCCCC(=O)OCc1ccccc1)C(=O)NCCCCCN1C(=O)c2ccccc2C1=O.O=C(Cl)OCc1ccccc1. The quantitative estimate of drug-likeness (QED) is 0.00926. The maximum atomic E-state index is 13.5. The van der Waals surface area contributed by atoms with Crippen LogP contribution in [0.5, 0.6) is 0 Å². The number of nitrogens with zero attached hydrogens (tertiary/aromatic N) is 3. The number of carbonyl (C=O) groups excluding carboxylic acids is 10. The minimum absolute atomic E-state index is 0.00618. The molecule has 0 radical (unpaired) electrons. The number of likely N-dealkylation sites (tertiary alicyclic amines) is 1. The molecular weight excluding hydrogens is 1270 g/mol. The van der Waals surface area contributed by atoms with Crippen molar-refractivity contribution in [1.29, 1.82) is 0 Å². The minimum Gasteiger partial charge on any atom is -0.461 e. The van der Waals surface area contributed by atoms with Crippen molar-refractivity contribution in [2.45, 2.75) is 182 Å². The van der Waals surface area contributed by atoms with E-state index in [1.54, 1.807) is 37.3 Å². The molecule has 7 amide bonds. The lowest BCUT2D eigenvalue weighted by atomic mass is 9.94. The Hall–Kier alpha value is -9.23. The minimum atomic E-state index is -0.770. The number of halogens is 1. The highest BCUT2D eigenvalue weighted by Gasteiger charge is 2.37. The average Bonchev–Trinajstić information content (AvgIpc) is 1.65. The van der Waals surface area contributed by atoms with E-state index >= 15 is 0 Å². The van der Waals surface area contributed by atoms with Gasteiger partial charge in [0.05, 0.1) is 11.1 Å². The molecule has 2 unspecified atom stereocenters. The molecular formula is C78H98ClN5O14. The molecule has 0 saturated carbocycles. The van der Waals surface area contributed by atoms with Gasteiger partial charge in [-0.3, -0.25) is 53.1 Å². The molecule has 0 bridgehead atoms. The van der Waals surface area contributed by atoms with Gasteiger partial charge in [0, 0.05) is 74.2 Å². The number of rotatable bonds is 40. The number of carbonyl (C=O) groups is 10. The van der Waals surface area contributed by atoms with Gasteiger partial charge in [-0.15, -0.1) is 0 Å². The van der Waals surface area contributed by atoms with Gasteiger partial charge in [-0.1, -0.05) is 198 Å². The molecule has 5 aromatic rings. The second-order valence-electron chi connectivity index (χ2n) is 24.0. The maximum absolute atomic E-state index is 13.5. The summed E-state index contributed by atoms with van der Waals surface area (Å²) in [5.74, 6) is -1.77. The van der Waals surface area contributed by atoms with Gasteiger partial charge >= 0.3 is 23.5 Å². The molecule has 2 atom stereocenters. The number of esters is 2. The third-order valence-electron chi connectivity index (χ3n) is 16.6. The Labute approximate surface area is 583 Å². The zero-order valence-electron chi connectivity index (χ0n) is 57.2.